The van der Waals surface area contributed by atoms with Crippen molar-refractivity contribution >= 4 is 11.6 Å². The van der Waals surface area contributed by atoms with Crippen molar-refractivity contribution in [1.82, 2.24) is 14.6 Å². The van der Waals surface area contributed by atoms with Gasteiger partial charge in [-0.15, -0.1) is 5.10 Å². The lowest BCUT2D eigenvalue weighted by Gasteiger charge is -2.38. The Labute approximate surface area is 185 Å². The maximum Gasteiger partial charge on any atom is 0.343 e. The van der Waals surface area contributed by atoms with E-state index in [0.29, 0.717) is 11.5 Å². The van der Waals surface area contributed by atoms with Crippen LogP contribution in [0.5, 0.6) is 5.88 Å². The third-order valence-corrected chi connectivity index (χ3v) is 6.08. The van der Waals surface area contributed by atoms with E-state index in [1.807, 2.05) is 18.3 Å². The molecule has 162 valence electrons. The normalized spacial score (nSPS) is 14.7. The molecule has 7 heteroatoms. The third-order valence-electron chi connectivity index (χ3n) is 6.08. The van der Waals surface area contributed by atoms with E-state index in [1.165, 1.54) is 19.1 Å². The first-order valence-corrected chi connectivity index (χ1v) is 10.6. The number of ether oxygens (including phenoxy) is 2. The highest BCUT2D eigenvalue weighted by Gasteiger charge is 2.34. The van der Waals surface area contributed by atoms with Gasteiger partial charge in [-0.3, -0.25) is 0 Å². The van der Waals surface area contributed by atoms with Crippen molar-refractivity contribution in [1.29, 1.82) is 0 Å². The van der Waals surface area contributed by atoms with E-state index >= 15 is 0 Å². The Bertz CT molecular complexity index is 1280. The zero-order chi connectivity index (χ0) is 22.1. The minimum Gasteiger partial charge on any atom is -0.466 e. The number of benzene rings is 2. The number of carbonyl (C=O) groups is 1. The largest absolute Gasteiger partial charge is 0.466 e. The van der Waals surface area contributed by atoms with Crippen molar-refractivity contribution in [3.05, 3.63) is 72.4 Å². The summed E-state index contributed by atoms with van der Waals surface area (Å²) in [6.45, 7) is -0.195. The van der Waals surface area contributed by atoms with Crippen LogP contribution in [0.15, 0.2) is 66.9 Å². The quantitative estimate of drug-likeness (QED) is 0.468. The van der Waals surface area contributed by atoms with Crippen LogP contribution in [0.25, 0.3) is 28.0 Å². The number of nitrogens with zero attached hydrogens (tertiary/aromatic N) is 3. The van der Waals surface area contributed by atoms with Crippen molar-refractivity contribution in [2.75, 3.05) is 13.7 Å². The molecule has 0 amide bonds. The number of hydrogen-bond donors (Lipinski definition) is 1. The lowest BCUT2D eigenvalue weighted by molar-refractivity contribution is -0.143. The van der Waals surface area contributed by atoms with Gasteiger partial charge < -0.3 is 15.2 Å². The smallest absolute Gasteiger partial charge is 0.343 e. The maximum atomic E-state index is 11.3. The molecule has 1 fully saturated rings. The predicted molar refractivity (Wildman–Crippen MR) is 121 cm³/mol. The SMILES string of the molecule is COC(=O)COc1ccc2nc(-c3ccccc3-c3ccc(C4(N)CCC4)cc3)cn2n1. The molecule has 4 aromatic rings. The average Bonchev–Trinajstić information content (AvgIpc) is 3.24. The Morgan fingerprint density at radius 1 is 1.06 bits per heavy atom. The number of esters is 1. The number of rotatable bonds is 6. The molecule has 2 N–H and O–H groups in total. The van der Waals surface area contributed by atoms with Gasteiger partial charge in [0.2, 0.25) is 5.88 Å². The Balaban J connectivity index is 1.46. The summed E-state index contributed by atoms with van der Waals surface area (Å²) in [6, 6.07) is 20.2. The van der Waals surface area contributed by atoms with Gasteiger partial charge in [-0.25, -0.2) is 14.3 Å². The molecule has 1 aliphatic carbocycles. The Hall–Kier alpha value is -3.71. The molecule has 5 rings (SSSR count). The minimum absolute atomic E-state index is 0.168. The third kappa shape index (κ3) is 3.71. The molecule has 0 spiro atoms. The maximum absolute atomic E-state index is 11.3. The predicted octanol–water partition coefficient (Wildman–Crippen LogP) is 3.95. The van der Waals surface area contributed by atoms with E-state index in [4.69, 9.17) is 15.5 Å². The summed E-state index contributed by atoms with van der Waals surface area (Å²) in [7, 11) is 1.32. The zero-order valence-corrected chi connectivity index (χ0v) is 17.8. The summed E-state index contributed by atoms with van der Waals surface area (Å²) >= 11 is 0. The van der Waals surface area contributed by atoms with Crippen molar-refractivity contribution < 1.29 is 14.3 Å². The van der Waals surface area contributed by atoms with E-state index in [2.05, 4.69) is 46.2 Å². The molecule has 1 saturated carbocycles. The molecular formula is C25H24N4O3. The molecule has 2 aromatic heterocycles. The highest BCUT2D eigenvalue weighted by Crippen LogP contribution is 2.40. The molecule has 2 heterocycles. The lowest BCUT2D eigenvalue weighted by atomic mass is 9.72. The van der Waals surface area contributed by atoms with Crippen LogP contribution in [0.4, 0.5) is 0 Å². The molecule has 1 aliphatic rings. The van der Waals surface area contributed by atoms with Crippen LogP contribution in [-0.2, 0) is 15.1 Å². The van der Waals surface area contributed by atoms with E-state index in [-0.39, 0.29) is 12.1 Å². The summed E-state index contributed by atoms with van der Waals surface area (Å²) in [5.41, 5.74) is 12.2. The highest BCUT2D eigenvalue weighted by molar-refractivity contribution is 5.82. The topological polar surface area (TPSA) is 91.7 Å². The monoisotopic (exact) mass is 428 g/mol. The second-order valence-corrected chi connectivity index (χ2v) is 8.10. The summed E-state index contributed by atoms with van der Waals surface area (Å²) in [5.74, 6) is -0.140. The Morgan fingerprint density at radius 2 is 1.81 bits per heavy atom. The second-order valence-electron chi connectivity index (χ2n) is 8.10. The molecule has 32 heavy (non-hydrogen) atoms. The lowest BCUT2D eigenvalue weighted by Crippen LogP contribution is -2.43. The molecule has 0 unspecified atom stereocenters. The Morgan fingerprint density at radius 3 is 2.50 bits per heavy atom. The van der Waals surface area contributed by atoms with Gasteiger partial charge in [0.05, 0.1) is 19.0 Å². The summed E-state index contributed by atoms with van der Waals surface area (Å²) < 4.78 is 11.6. The minimum atomic E-state index is -0.462. The van der Waals surface area contributed by atoms with E-state index in [1.54, 1.807) is 16.6 Å². The van der Waals surface area contributed by atoms with Gasteiger partial charge in [0.15, 0.2) is 12.3 Å². The number of aromatic nitrogens is 3. The van der Waals surface area contributed by atoms with Gasteiger partial charge in [-0.1, -0.05) is 48.5 Å². The summed E-state index contributed by atoms with van der Waals surface area (Å²) in [6.07, 6.45) is 5.14. The molecule has 0 saturated heterocycles. The zero-order valence-electron chi connectivity index (χ0n) is 17.8. The van der Waals surface area contributed by atoms with Crippen LogP contribution in [0.1, 0.15) is 24.8 Å². The van der Waals surface area contributed by atoms with E-state index < -0.39 is 5.97 Å². The molecule has 7 nitrogen and oxygen atoms in total. The Kier molecular flexibility index (Phi) is 5.11. The second kappa shape index (κ2) is 8.09. The molecule has 0 bridgehead atoms. The van der Waals surface area contributed by atoms with Gasteiger partial charge in [-0.05, 0) is 42.0 Å². The first-order valence-electron chi connectivity index (χ1n) is 10.6. The molecule has 0 aliphatic heterocycles. The van der Waals surface area contributed by atoms with E-state index in [0.717, 1.165) is 35.2 Å². The first-order chi connectivity index (χ1) is 15.6. The average molecular weight is 428 g/mol. The number of carbonyl (C=O) groups excluding carboxylic acids is 1. The number of nitrogens with two attached hydrogens (primary N) is 1. The van der Waals surface area contributed by atoms with Crippen LogP contribution in [0.2, 0.25) is 0 Å². The number of imidazole rings is 1. The van der Waals surface area contributed by atoms with Crippen LogP contribution < -0.4 is 10.5 Å². The summed E-state index contributed by atoms with van der Waals surface area (Å²) in [5, 5.41) is 4.39. The highest BCUT2D eigenvalue weighted by atomic mass is 16.6. The fourth-order valence-corrected chi connectivity index (χ4v) is 4.05. The fraction of sp³-hybridized carbons (Fsp3) is 0.240. The van der Waals surface area contributed by atoms with Crippen LogP contribution >= 0.6 is 0 Å². The summed E-state index contributed by atoms with van der Waals surface area (Å²) in [4.78, 5) is 16.0. The van der Waals surface area contributed by atoms with Crippen molar-refractivity contribution in [3.63, 3.8) is 0 Å². The van der Waals surface area contributed by atoms with Crippen molar-refractivity contribution in [3.8, 4) is 28.3 Å². The standard InChI is InChI=1S/C25H24N4O3/c1-31-24(30)16-32-23-12-11-22-27-21(15-29(22)28-23)20-6-3-2-5-19(20)17-7-9-18(10-8-17)25(26)13-4-14-25/h2-3,5-12,15H,4,13-14,16,26H2,1H3. The number of methoxy groups -OCH3 is 1. The van der Waals surface area contributed by atoms with E-state index in [9.17, 15) is 4.79 Å². The van der Waals surface area contributed by atoms with Gasteiger partial charge in [-0.2, -0.15) is 0 Å². The number of fused-ring (bicyclic) bond motifs is 1. The van der Waals surface area contributed by atoms with Gasteiger partial charge in [0, 0.05) is 17.2 Å². The molecule has 0 radical (unpaired) electrons. The van der Waals surface area contributed by atoms with Crippen LogP contribution in [-0.4, -0.2) is 34.3 Å². The number of hydrogen-bond acceptors (Lipinski definition) is 6. The fourth-order valence-electron chi connectivity index (χ4n) is 4.05. The van der Waals surface area contributed by atoms with Gasteiger partial charge in [0.1, 0.15) is 0 Å². The van der Waals surface area contributed by atoms with Crippen molar-refractivity contribution in [2.45, 2.75) is 24.8 Å². The van der Waals surface area contributed by atoms with Gasteiger partial charge >= 0.3 is 5.97 Å². The van der Waals surface area contributed by atoms with Crippen LogP contribution in [0.3, 0.4) is 0 Å². The molecule has 0 atom stereocenters. The van der Waals surface area contributed by atoms with Gasteiger partial charge in [0.25, 0.3) is 0 Å². The van der Waals surface area contributed by atoms with Crippen LogP contribution in [0, 0.1) is 0 Å². The molecular weight excluding hydrogens is 404 g/mol. The molecule has 2 aromatic carbocycles. The first kappa shape index (κ1) is 20.2. The van der Waals surface area contributed by atoms with Crippen molar-refractivity contribution in [2.24, 2.45) is 5.73 Å².